The first kappa shape index (κ1) is 29.5. The number of carbonyl (C=O) groups excluding carboxylic acids is 2. The molecule has 3 rings (SSSR count). The SMILES string of the molecule is CN(C(=O)CCc1cccc(F)c1Cl)[C@H](COC(=O)Nc1cc2cc(F)ccc2cn1)CC(F)(F)CN=[N+]=[N-]. The molecular weight excluding hydrogens is 544 g/mol. The molecule has 2 amide bonds. The average molecular weight is 567 g/mol. The van der Waals surface area contributed by atoms with Gasteiger partial charge in [-0.15, -0.1) is 0 Å². The number of aromatic nitrogens is 1. The van der Waals surface area contributed by atoms with E-state index in [4.69, 9.17) is 21.9 Å². The van der Waals surface area contributed by atoms with Crippen LogP contribution in [0.25, 0.3) is 21.2 Å². The Balaban J connectivity index is 1.68. The molecule has 14 heteroatoms. The van der Waals surface area contributed by atoms with Gasteiger partial charge in [-0.25, -0.2) is 27.3 Å². The van der Waals surface area contributed by atoms with Crippen LogP contribution in [-0.4, -0.2) is 54.0 Å². The zero-order valence-corrected chi connectivity index (χ0v) is 21.3. The molecule has 0 unspecified atom stereocenters. The molecule has 0 saturated heterocycles. The molecule has 0 aliphatic carbocycles. The van der Waals surface area contributed by atoms with E-state index in [1.54, 1.807) is 0 Å². The minimum atomic E-state index is -3.51. The van der Waals surface area contributed by atoms with Crippen molar-refractivity contribution < 1.29 is 31.9 Å². The number of hydrogen-bond donors (Lipinski definition) is 1. The van der Waals surface area contributed by atoms with Crippen molar-refractivity contribution in [1.82, 2.24) is 9.88 Å². The van der Waals surface area contributed by atoms with Gasteiger partial charge in [0, 0.05) is 36.4 Å². The maximum absolute atomic E-state index is 14.4. The van der Waals surface area contributed by atoms with Gasteiger partial charge < -0.3 is 9.64 Å². The molecular formula is C25H23ClF4N6O3. The number of fused-ring (bicyclic) bond motifs is 1. The van der Waals surface area contributed by atoms with Crippen molar-refractivity contribution in [2.24, 2.45) is 5.11 Å². The molecule has 1 aromatic heterocycles. The van der Waals surface area contributed by atoms with Crippen molar-refractivity contribution in [2.75, 3.05) is 25.5 Å². The summed E-state index contributed by atoms with van der Waals surface area (Å²) in [7, 11) is 1.25. The molecule has 3 aromatic rings. The van der Waals surface area contributed by atoms with Crippen molar-refractivity contribution in [3.05, 3.63) is 81.3 Å². The summed E-state index contributed by atoms with van der Waals surface area (Å²) >= 11 is 5.92. The van der Waals surface area contributed by atoms with Crippen molar-refractivity contribution in [1.29, 1.82) is 0 Å². The number of nitrogens with zero attached hydrogens (tertiary/aromatic N) is 5. The zero-order valence-electron chi connectivity index (χ0n) is 20.6. The third-order valence-electron chi connectivity index (χ3n) is 5.80. The van der Waals surface area contributed by atoms with E-state index in [1.807, 2.05) is 0 Å². The van der Waals surface area contributed by atoms with Gasteiger partial charge in [0.15, 0.2) is 0 Å². The van der Waals surface area contributed by atoms with Crippen LogP contribution in [0.15, 0.2) is 53.8 Å². The second-order valence-corrected chi connectivity index (χ2v) is 8.98. The minimum absolute atomic E-state index is 0.0275. The number of rotatable bonds is 11. The molecule has 1 N–H and O–H groups in total. The largest absolute Gasteiger partial charge is 0.447 e. The Bertz CT molecular complexity index is 1400. The van der Waals surface area contributed by atoms with Gasteiger partial charge in [-0.2, -0.15) is 0 Å². The molecule has 1 heterocycles. The predicted octanol–water partition coefficient (Wildman–Crippen LogP) is 6.51. The molecule has 0 aliphatic rings. The second-order valence-electron chi connectivity index (χ2n) is 8.60. The van der Waals surface area contributed by atoms with Gasteiger partial charge in [-0.3, -0.25) is 10.1 Å². The molecule has 0 radical (unpaired) electrons. The van der Waals surface area contributed by atoms with E-state index in [1.165, 1.54) is 49.6 Å². The number of likely N-dealkylation sites (N-methyl/N-ethyl adjacent to an activating group) is 1. The Morgan fingerprint density at radius 2 is 2.00 bits per heavy atom. The first-order chi connectivity index (χ1) is 18.5. The highest BCUT2D eigenvalue weighted by atomic mass is 35.5. The van der Waals surface area contributed by atoms with Crippen LogP contribution in [0, 0.1) is 11.6 Å². The van der Waals surface area contributed by atoms with Crippen LogP contribution >= 0.6 is 11.6 Å². The van der Waals surface area contributed by atoms with Crippen molar-refractivity contribution >= 4 is 40.2 Å². The summed E-state index contributed by atoms with van der Waals surface area (Å²) in [4.78, 5) is 32.5. The highest BCUT2D eigenvalue weighted by Crippen LogP contribution is 2.25. The van der Waals surface area contributed by atoms with E-state index >= 15 is 0 Å². The first-order valence-corrected chi connectivity index (χ1v) is 11.9. The molecule has 39 heavy (non-hydrogen) atoms. The fourth-order valence-electron chi connectivity index (χ4n) is 3.71. The Morgan fingerprint density at radius 3 is 2.74 bits per heavy atom. The van der Waals surface area contributed by atoms with E-state index in [9.17, 15) is 27.2 Å². The lowest BCUT2D eigenvalue weighted by Gasteiger charge is -2.30. The van der Waals surface area contributed by atoms with Crippen LogP contribution in [-0.2, 0) is 16.0 Å². The molecule has 9 nitrogen and oxygen atoms in total. The highest BCUT2D eigenvalue weighted by Gasteiger charge is 2.35. The van der Waals surface area contributed by atoms with Crippen LogP contribution in [0.2, 0.25) is 5.02 Å². The zero-order chi connectivity index (χ0) is 28.6. The highest BCUT2D eigenvalue weighted by molar-refractivity contribution is 6.31. The summed E-state index contributed by atoms with van der Waals surface area (Å²) in [5.41, 5.74) is 8.76. The molecule has 0 saturated carbocycles. The number of hydrogen-bond acceptors (Lipinski definition) is 5. The van der Waals surface area contributed by atoms with Gasteiger partial charge >= 0.3 is 6.09 Å². The van der Waals surface area contributed by atoms with Gasteiger partial charge in [0.1, 0.15) is 24.1 Å². The molecule has 0 fully saturated rings. The number of pyridine rings is 1. The van der Waals surface area contributed by atoms with Crippen LogP contribution in [0.1, 0.15) is 18.4 Å². The summed E-state index contributed by atoms with van der Waals surface area (Å²) in [6.07, 6.45) is -0.774. The van der Waals surface area contributed by atoms with Gasteiger partial charge in [0.05, 0.1) is 17.6 Å². The lowest BCUT2D eigenvalue weighted by molar-refractivity contribution is -0.134. The standard InChI is InChI=1S/C25H23ClF4N6O3/c1-36(22(37)8-6-15-3-2-4-20(28)23(15)26)19(11-25(29,30)14-33-35-31)13-39-24(38)34-21-10-17-9-18(27)7-5-16(17)12-32-21/h2-5,7,9-10,12,19H,6,8,11,13-14H2,1H3,(H,32,34,38)/t19-/m0/s1. The molecule has 0 aliphatic heterocycles. The lowest BCUT2D eigenvalue weighted by Crippen LogP contribution is -2.45. The van der Waals surface area contributed by atoms with Crippen LogP contribution in [0.5, 0.6) is 0 Å². The summed E-state index contributed by atoms with van der Waals surface area (Å²) < 4.78 is 61.1. The molecule has 2 aromatic carbocycles. The van der Waals surface area contributed by atoms with Gasteiger partial charge in [-0.1, -0.05) is 28.8 Å². The number of ether oxygens (including phenoxy) is 1. The third kappa shape index (κ3) is 8.45. The fourth-order valence-corrected chi connectivity index (χ4v) is 3.93. The van der Waals surface area contributed by atoms with Crippen molar-refractivity contribution in [3.63, 3.8) is 0 Å². The lowest BCUT2D eigenvalue weighted by atomic mass is 10.1. The predicted molar refractivity (Wildman–Crippen MR) is 137 cm³/mol. The third-order valence-corrected chi connectivity index (χ3v) is 6.22. The normalized spacial score (nSPS) is 11.9. The number of alkyl halides is 2. The van der Waals surface area contributed by atoms with Crippen molar-refractivity contribution in [3.8, 4) is 0 Å². The van der Waals surface area contributed by atoms with E-state index < -0.39 is 55.2 Å². The number of halogens is 5. The van der Waals surface area contributed by atoms with E-state index in [-0.39, 0.29) is 23.7 Å². The summed E-state index contributed by atoms with van der Waals surface area (Å²) in [5, 5.41) is 6.17. The molecule has 0 bridgehead atoms. The van der Waals surface area contributed by atoms with E-state index in [0.717, 1.165) is 11.0 Å². The average Bonchev–Trinajstić information content (AvgIpc) is 2.89. The van der Waals surface area contributed by atoms with E-state index in [0.29, 0.717) is 16.3 Å². The maximum atomic E-state index is 14.4. The maximum Gasteiger partial charge on any atom is 0.412 e. The topological polar surface area (TPSA) is 120 Å². The van der Waals surface area contributed by atoms with Gasteiger partial charge in [0.2, 0.25) is 5.91 Å². The number of amides is 2. The summed E-state index contributed by atoms with van der Waals surface area (Å²) in [6.45, 7) is -1.80. The van der Waals surface area contributed by atoms with Gasteiger partial charge in [0.25, 0.3) is 5.92 Å². The molecule has 206 valence electrons. The number of azide groups is 1. The molecule has 1 atom stereocenters. The monoisotopic (exact) mass is 566 g/mol. The minimum Gasteiger partial charge on any atom is -0.447 e. The Kier molecular flexibility index (Phi) is 9.91. The number of benzene rings is 2. The summed E-state index contributed by atoms with van der Waals surface area (Å²) in [6, 6.07) is 8.23. The van der Waals surface area contributed by atoms with Crippen molar-refractivity contribution in [2.45, 2.75) is 31.2 Å². The van der Waals surface area contributed by atoms with E-state index in [2.05, 4.69) is 20.3 Å². The van der Waals surface area contributed by atoms with Crippen LogP contribution < -0.4 is 5.32 Å². The first-order valence-electron chi connectivity index (χ1n) is 11.6. The fraction of sp³-hybridized carbons (Fsp3) is 0.320. The smallest absolute Gasteiger partial charge is 0.412 e. The van der Waals surface area contributed by atoms with Crippen LogP contribution in [0.3, 0.4) is 0 Å². The second kappa shape index (κ2) is 13.1. The number of anilines is 1. The Morgan fingerprint density at radius 1 is 1.23 bits per heavy atom. The van der Waals surface area contributed by atoms with Gasteiger partial charge in [-0.05, 0) is 53.2 Å². The number of aryl methyl sites for hydroxylation is 1. The quantitative estimate of drug-likeness (QED) is 0.123. The number of carbonyl (C=O) groups is 2. The molecule has 0 spiro atoms. The Hall–Kier alpha value is -4.09. The Labute approximate surface area is 225 Å². The summed E-state index contributed by atoms with van der Waals surface area (Å²) in [5.74, 6) is -5.22. The number of nitrogens with one attached hydrogen (secondary N) is 1. The van der Waals surface area contributed by atoms with Crippen LogP contribution in [0.4, 0.5) is 28.2 Å².